The van der Waals surface area contributed by atoms with Gasteiger partial charge in [0, 0.05) is 34.2 Å². The van der Waals surface area contributed by atoms with E-state index in [2.05, 4.69) is 21.7 Å². The second kappa shape index (κ2) is 6.90. The van der Waals surface area contributed by atoms with Crippen LogP contribution in [-0.2, 0) is 6.54 Å². The minimum Gasteiger partial charge on any atom is -0.342 e. The Balaban J connectivity index is 1.75. The van der Waals surface area contributed by atoms with Crippen LogP contribution in [0.5, 0.6) is 0 Å². The van der Waals surface area contributed by atoms with Gasteiger partial charge in [0.2, 0.25) is 0 Å². The Hall–Kier alpha value is -3.37. The van der Waals surface area contributed by atoms with E-state index in [0.717, 1.165) is 34.1 Å². The number of aromatic amines is 1. The standard InChI is InChI=1S/C24H18ClN3O/c1-15-6-5-9-18-22(15)26-23(27-24(18)29)20-14-28(13-16-7-3-2-4-8-16)21-11-10-17(25)12-19(20)21/h2-12,14H,13H2,1H3,(H,26,27,29). The molecule has 0 aliphatic rings. The fourth-order valence-corrected chi connectivity index (χ4v) is 3.97. The molecule has 0 bridgehead atoms. The summed E-state index contributed by atoms with van der Waals surface area (Å²) in [5.74, 6) is 0.552. The highest BCUT2D eigenvalue weighted by atomic mass is 35.5. The SMILES string of the molecule is Cc1cccc2c(=O)[nH]c(-c3cn(Cc4ccccc4)c4ccc(Cl)cc34)nc12. The van der Waals surface area contributed by atoms with Crippen molar-refractivity contribution >= 4 is 33.4 Å². The molecule has 29 heavy (non-hydrogen) atoms. The maximum atomic E-state index is 12.7. The van der Waals surface area contributed by atoms with E-state index in [1.54, 1.807) is 6.07 Å². The summed E-state index contributed by atoms with van der Waals surface area (Å²) in [6.45, 7) is 2.68. The van der Waals surface area contributed by atoms with Crippen LogP contribution in [0.2, 0.25) is 5.02 Å². The highest BCUT2D eigenvalue weighted by Crippen LogP contribution is 2.31. The number of nitrogens with zero attached hydrogens (tertiary/aromatic N) is 2. The van der Waals surface area contributed by atoms with Crippen LogP contribution in [-0.4, -0.2) is 14.5 Å². The van der Waals surface area contributed by atoms with Gasteiger partial charge in [-0.2, -0.15) is 0 Å². The number of nitrogens with one attached hydrogen (secondary N) is 1. The average Bonchev–Trinajstić information content (AvgIpc) is 3.07. The van der Waals surface area contributed by atoms with E-state index in [1.807, 2.05) is 61.7 Å². The molecule has 0 saturated heterocycles. The first-order valence-corrected chi connectivity index (χ1v) is 9.80. The van der Waals surface area contributed by atoms with Crippen LogP contribution in [0.1, 0.15) is 11.1 Å². The van der Waals surface area contributed by atoms with Crippen molar-refractivity contribution in [2.75, 3.05) is 0 Å². The molecule has 2 heterocycles. The molecule has 0 aliphatic heterocycles. The molecule has 0 aliphatic carbocycles. The molecule has 5 aromatic rings. The highest BCUT2D eigenvalue weighted by molar-refractivity contribution is 6.31. The van der Waals surface area contributed by atoms with Crippen LogP contribution in [0.15, 0.2) is 77.7 Å². The molecule has 2 aromatic heterocycles. The Kier molecular flexibility index (Phi) is 4.22. The van der Waals surface area contributed by atoms with Crippen molar-refractivity contribution < 1.29 is 0 Å². The van der Waals surface area contributed by atoms with Gasteiger partial charge in [0.15, 0.2) is 0 Å². The minimum atomic E-state index is -0.139. The summed E-state index contributed by atoms with van der Waals surface area (Å²) >= 11 is 6.30. The van der Waals surface area contributed by atoms with E-state index in [-0.39, 0.29) is 5.56 Å². The number of hydrogen-bond donors (Lipinski definition) is 1. The predicted molar refractivity (Wildman–Crippen MR) is 119 cm³/mol. The van der Waals surface area contributed by atoms with Crippen molar-refractivity contribution in [2.24, 2.45) is 0 Å². The molecule has 1 N–H and O–H groups in total. The summed E-state index contributed by atoms with van der Waals surface area (Å²) in [4.78, 5) is 20.5. The fraction of sp³-hybridized carbons (Fsp3) is 0.0833. The molecule has 0 saturated carbocycles. The topological polar surface area (TPSA) is 50.7 Å². The zero-order chi connectivity index (χ0) is 20.0. The monoisotopic (exact) mass is 399 g/mol. The van der Waals surface area contributed by atoms with Crippen LogP contribution in [0.3, 0.4) is 0 Å². The second-order valence-corrected chi connectivity index (χ2v) is 7.64. The highest BCUT2D eigenvalue weighted by Gasteiger charge is 2.15. The third kappa shape index (κ3) is 3.12. The summed E-state index contributed by atoms with van der Waals surface area (Å²) in [5, 5.41) is 2.21. The number of para-hydroxylation sites is 1. The lowest BCUT2D eigenvalue weighted by Gasteiger charge is -2.05. The maximum absolute atomic E-state index is 12.7. The lowest BCUT2D eigenvalue weighted by molar-refractivity contribution is 0.837. The molecule has 3 aromatic carbocycles. The Labute approximate surface area is 172 Å². The van der Waals surface area contributed by atoms with Crippen molar-refractivity contribution in [3.63, 3.8) is 0 Å². The van der Waals surface area contributed by atoms with Crippen LogP contribution >= 0.6 is 11.6 Å². The van der Waals surface area contributed by atoms with E-state index in [1.165, 1.54) is 5.56 Å². The quantitative estimate of drug-likeness (QED) is 0.432. The smallest absolute Gasteiger partial charge is 0.259 e. The zero-order valence-corrected chi connectivity index (χ0v) is 16.6. The van der Waals surface area contributed by atoms with Gasteiger partial charge in [0.05, 0.1) is 10.9 Å². The molecule has 0 unspecified atom stereocenters. The number of aromatic nitrogens is 3. The molecule has 5 heteroatoms. The van der Waals surface area contributed by atoms with Gasteiger partial charge < -0.3 is 9.55 Å². The van der Waals surface area contributed by atoms with E-state index < -0.39 is 0 Å². The number of aryl methyl sites for hydroxylation is 1. The van der Waals surface area contributed by atoms with Gasteiger partial charge in [-0.25, -0.2) is 4.98 Å². The normalized spacial score (nSPS) is 11.4. The Morgan fingerprint density at radius 3 is 2.66 bits per heavy atom. The van der Waals surface area contributed by atoms with Gasteiger partial charge in [-0.05, 0) is 42.3 Å². The van der Waals surface area contributed by atoms with Crippen molar-refractivity contribution in [1.82, 2.24) is 14.5 Å². The molecule has 5 rings (SSSR count). The zero-order valence-electron chi connectivity index (χ0n) is 15.8. The molecule has 0 fully saturated rings. The first kappa shape index (κ1) is 17.7. The summed E-state index contributed by atoms with van der Waals surface area (Å²) in [6.07, 6.45) is 2.04. The number of hydrogen-bond acceptors (Lipinski definition) is 2. The van der Waals surface area contributed by atoms with Crippen LogP contribution in [0.4, 0.5) is 0 Å². The number of fused-ring (bicyclic) bond motifs is 2. The minimum absolute atomic E-state index is 0.139. The first-order valence-electron chi connectivity index (χ1n) is 9.42. The molecule has 142 valence electrons. The van der Waals surface area contributed by atoms with Gasteiger partial charge in [-0.3, -0.25) is 4.79 Å². The Bertz CT molecular complexity index is 1420. The van der Waals surface area contributed by atoms with Crippen LogP contribution in [0, 0.1) is 6.92 Å². The van der Waals surface area contributed by atoms with E-state index in [0.29, 0.717) is 16.2 Å². The van der Waals surface area contributed by atoms with Gasteiger partial charge >= 0.3 is 0 Å². The molecule has 4 nitrogen and oxygen atoms in total. The summed E-state index contributed by atoms with van der Waals surface area (Å²) < 4.78 is 2.17. The van der Waals surface area contributed by atoms with Crippen molar-refractivity contribution in [2.45, 2.75) is 13.5 Å². The van der Waals surface area contributed by atoms with E-state index in [9.17, 15) is 4.79 Å². The molecule has 0 radical (unpaired) electrons. The van der Waals surface area contributed by atoms with Gasteiger partial charge in [-0.1, -0.05) is 54.1 Å². The third-order valence-electron chi connectivity index (χ3n) is 5.23. The number of halogens is 1. The summed E-state index contributed by atoms with van der Waals surface area (Å²) in [7, 11) is 0. The molecular formula is C24H18ClN3O. The lowest BCUT2D eigenvalue weighted by Crippen LogP contribution is -2.10. The van der Waals surface area contributed by atoms with Crippen molar-refractivity contribution in [3.05, 3.63) is 99.4 Å². The molecular weight excluding hydrogens is 382 g/mol. The summed E-state index contributed by atoms with van der Waals surface area (Å²) in [6, 6.07) is 21.7. The summed E-state index contributed by atoms with van der Waals surface area (Å²) in [5.41, 5.74) is 4.65. The van der Waals surface area contributed by atoms with Crippen LogP contribution < -0.4 is 5.56 Å². The number of H-pyrrole nitrogens is 1. The van der Waals surface area contributed by atoms with E-state index >= 15 is 0 Å². The fourth-order valence-electron chi connectivity index (χ4n) is 3.80. The Morgan fingerprint density at radius 1 is 1.00 bits per heavy atom. The predicted octanol–water partition coefficient (Wildman–Crippen LogP) is 5.55. The first-order chi connectivity index (χ1) is 14.1. The number of rotatable bonds is 3. The van der Waals surface area contributed by atoms with Gasteiger partial charge in [0.1, 0.15) is 5.82 Å². The largest absolute Gasteiger partial charge is 0.342 e. The Morgan fingerprint density at radius 2 is 1.83 bits per heavy atom. The maximum Gasteiger partial charge on any atom is 0.259 e. The second-order valence-electron chi connectivity index (χ2n) is 7.20. The van der Waals surface area contributed by atoms with Gasteiger partial charge in [0.25, 0.3) is 5.56 Å². The van der Waals surface area contributed by atoms with E-state index in [4.69, 9.17) is 16.6 Å². The average molecular weight is 400 g/mol. The lowest BCUT2D eigenvalue weighted by atomic mass is 10.1. The molecule has 0 amide bonds. The molecule has 0 spiro atoms. The van der Waals surface area contributed by atoms with Crippen molar-refractivity contribution in [3.8, 4) is 11.4 Å². The third-order valence-corrected chi connectivity index (χ3v) is 5.47. The van der Waals surface area contributed by atoms with Crippen molar-refractivity contribution in [1.29, 1.82) is 0 Å². The molecule has 0 atom stereocenters. The van der Waals surface area contributed by atoms with Crippen LogP contribution in [0.25, 0.3) is 33.2 Å². The number of benzene rings is 3. The van der Waals surface area contributed by atoms with Gasteiger partial charge in [-0.15, -0.1) is 0 Å².